The summed E-state index contributed by atoms with van der Waals surface area (Å²) in [5, 5.41) is 0. The quantitative estimate of drug-likeness (QED) is 0.810. The van der Waals surface area contributed by atoms with Gasteiger partial charge < -0.3 is 14.0 Å². The van der Waals surface area contributed by atoms with Gasteiger partial charge in [0.2, 0.25) is 0 Å². The molecule has 2 heterocycles. The molecule has 0 spiro atoms. The number of carbonyl (C=O) groups excluding carboxylic acids is 1. The fourth-order valence-electron chi connectivity index (χ4n) is 2.32. The number of carbonyl (C=O) groups is 1. The van der Waals surface area contributed by atoms with E-state index in [1.54, 1.807) is 6.20 Å². The Kier molecular flexibility index (Phi) is 4.23. The number of hydrogen-bond donors (Lipinski definition) is 0. The lowest BCUT2D eigenvalue weighted by Gasteiger charge is -2.32. The minimum Gasteiger partial charge on any atom is -0.444 e. The zero-order valence-electron chi connectivity index (χ0n) is 14.4. The lowest BCUT2D eigenvalue weighted by Crippen LogP contribution is -2.41. The van der Waals surface area contributed by atoms with Gasteiger partial charge in [0.25, 0.3) is 0 Å². The molecule has 1 aliphatic rings. The third-order valence-electron chi connectivity index (χ3n) is 4.51. The topological polar surface area (TPSA) is 62.6 Å². The highest BCUT2D eigenvalue weighted by Crippen LogP contribution is 2.36. The van der Waals surface area contributed by atoms with Gasteiger partial charge in [-0.1, -0.05) is 30.3 Å². The molecule has 1 aliphatic heterocycles. The fraction of sp³-hybridized carbons (Fsp3) is 0.412. The van der Waals surface area contributed by atoms with Gasteiger partial charge in [-0.2, -0.15) is 0 Å². The smallest absolute Gasteiger partial charge is 0.444 e. The third kappa shape index (κ3) is 3.23. The van der Waals surface area contributed by atoms with Crippen LogP contribution in [0.2, 0.25) is 0 Å². The van der Waals surface area contributed by atoms with E-state index in [-0.39, 0.29) is 6.61 Å². The van der Waals surface area contributed by atoms with Gasteiger partial charge in [-0.05, 0) is 33.3 Å². The normalized spacial score (nSPS) is 18.6. The zero-order chi connectivity index (χ0) is 17.4. The van der Waals surface area contributed by atoms with Crippen LogP contribution in [-0.4, -0.2) is 34.0 Å². The Balaban J connectivity index is 1.64. The highest BCUT2D eigenvalue weighted by atomic mass is 16.7. The van der Waals surface area contributed by atoms with Crippen LogP contribution in [0.25, 0.3) is 0 Å². The number of benzene rings is 1. The molecule has 2 aromatic rings. The van der Waals surface area contributed by atoms with Crippen molar-refractivity contribution < 1.29 is 18.8 Å². The van der Waals surface area contributed by atoms with Crippen LogP contribution in [0.1, 0.15) is 33.3 Å². The summed E-state index contributed by atoms with van der Waals surface area (Å²) < 4.78 is 18.4. The molecule has 0 saturated carbocycles. The maximum atomic E-state index is 12.1. The summed E-state index contributed by atoms with van der Waals surface area (Å²) >= 11 is 0. The maximum absolute atomic E-state index is 12.1. The molecule has 0 atom stereocenters. The minimum absolute atomic E-state index is 0.212. The summed E-state index contributed by atoms with van der Waals surface area (Å²) in [7, 11) is -0.599. The Morgan fingerprint density at radius 2 is 1.79 bits per heavy atom. The van der Waals surface area contributed by atoms with Crippen LogP contribution in [0.4, 0.5) is 4.79 Å². The monoisotopic (exact) mass is 328 g/mol. The molecule has 0 aliphatic carbocycles. The molecule has 0 N–H and O–H groups in total. The molecule has 0 amide bonds. The summed E-state index contributed by atoms with van der Waals surface area (Å²) in [6.07, 6.45) is 2.50. The molecule has 126 valence electrons. The van der Waals surface area contributed by atoms with Crippen molar-refractivity contribution in [3.05, 3.63) is 48.4 Å². The van der Waals surface area contributed by atoms with Crippen LogP contribution < -0.4 is 5.59 Å². The molecule has 0 bridgehead atoms. The largest absolute Gasteiger partial charge is 0.516 e. The molecule has 7 heteroatoms. The minimum atomic E-state index is -0.599. The molecular weight excluding hydrogens is 307 g/mol. The first kappa shape index (κ1) is 16.7. The highest BCUT2D eigenvalue weighted by Gasteiger charge is 2.52. The van der Waals surface area contributed by atoms with Crippen molar-refractivity contribution in [3.63, 3.8) is 0 Å². The van der Waals surface area contributed by atoms with Crippen molar-refractivity contribution in [2.75, 3.05) is 0 Å². The Hall–Kier alpha value is -2.12. The number of aromatic nitrogens is 2. The molecule has 1 aromatic heterocycles. The zero-order valence-corrected chi connectivity index (χ0v) is 14.4. The van der Waals surface area contributed by atoms with Crippen molar-refractivity contribution in [3.8, 4) is 0 Å². The Morgan fingerprint density at radius 3 is 2.42 bits per heavy atom. The Labute approximate surface area is 141 Å². The van der Waals surface area contributed by atoms with E-state index in [2.05, 4.69) is 4.98 Å². The van der Waals surface area contributed by atoms with Crippen molar-refractivity contribution >= 4 is 18.8 Å². The van der Waals surface area contributed by atoms with E-state index in [1.165, 1.54) is 10.9 Å². The van der Waals surface area contributed by atoms with Crippen molar-refractivity contribution in [2.24, 2.45) is 0 Å². The summed E-state index contributed by atoms with van der Waals surface area (Å²) in [6.45, 7) is 8.09. The number of ether oxygens (including phenoxy) is 1. The van der Waals surface area contributed by atoms with E-state index < -0.39 is 24.4 Å². The van der Waals surface area contributed by atoms with Gasteiger partial charge in [0.15, 0.2) is 0 Å². The van der Waals surface area contributed by atoms with E-state index >= 15 is 0 Å². The van der Waals surface area contributed by atoms with Gasteiger partial charge in [-0.15, -0.1) is 0 Å². The summed E-state index contributed by atoms with van der Waals surface area (Å²) in [5.41, 5.74) is 0.576. The molecular formula is C17H21BN2O4. The van der Waals surface area contributed by atoms with E-state index in [4.69, 9.17) is 14.0 Å². The van der Waals surface area contributed by atoms with Crippen LogP contribution in [0.5, 0.6) is 0 Å². The molecule has 0 unspecified atom stereocenters. The first-order chi connectivity index (χ1) is 11.3. The van der Waals surface area contributed by atoms with Crippen LogP contribution >= 0.6 is 0 Å². The van der Waals surface area contributed by atoms with Crippen LogP contribution in [0.15, 0.2) is 42.9 Å². The van der Waals surface area contributed by atoms with Crippen LogP contribution in [-0.2, 0) is 20.7 Å². The Bertz CT molecular complexity index is 711. The predicted octanol–water partition coefficient (Wildman–Crippen LogP) is 2.37. The van der Waals surface area contributed by atoms with Gasteiger partial charge in [-0.3, -0.25) is 0 Å². The summed E-state index contributed by atoms with van der Waals surface area (Å²) in [6, 6.07) is 9.51. The average molecular weight is 328 g/mol. The second-order valence-corrected chi connectivity index (χ2v) is 6.83. The molecule has 6 nitrogen and oxygen atoms in total. The Morgan fingerprint density at radius 1 is 1.17 bits per heavy atom. The van der Waals surface area contributed by atoms with E-state index in [0.717, 1.165) is 5.56 Å². The van der Waals surface area contributed by atoms with Gasteiger partial charge in [0.1, 0.15) is 12.9 Å². The average Bonchev–Trinajstić information content (AvgIpc) is 3.09. The van der Waals surface area contributed by atoms with E-state index in [9.17, 15) is 4.79 Å². The van der Waals surface area contributed by atoms with Gasteiger partial charge in [-0.25, -0.2) is 14.3 Å². The highest BCUT2D eigenvalue weighted by molar-refractivity contribution is 6.61. The van der Waals surface area contributed by atoms with Crippen molar-refractivity contribution in [2.45, 2.75) is 45.5 Å². The SMILES string of the molecule is CC1(C)OB(c2cn(C(=O)OCc3ccccc3)cn2)OC1(C)C. The number of rotatable bonds is 3. The first-order valence-electron chi connectivity index (χ1n) is 7.89. The van der Waals surface area contributed by atoms with E-state index in [1.807, 2.05) is 58.0 Å². The lowest BCUT2D eigenvalue weighted by atomic mass is 9.86. The molecule has 1 aromatic carbocycles. The molecule has 0 radical (unpaired) electrons. The van der Waals surface area contributed by atoms with Crippen LogP contribution in [0.3, 0.4) is 0 Å². The standard InChI is InChI=1S/C17H21BN2O4/c1-16(2)17(3,4)24-18(23-16)14-10-20(12-19-14)15(21)22-11-13-8-6-5-7-9-13/h5-10,12H,11H2,1-4H3. The van der Waals surface area contributed by atoms with Crippen molar-refractivity contribution in [1.29, 1.82) is 0 Å². The predicted molar refractivity (Wildman–Crippen MR) is 90.0 cm³/mol. The molecule has 24 heavy (non-hydrogen) atoms. The summed E-state index contributed by atoms with van der Waals surface area (Å²) in [5.74, 6) is 0. The molecule has 3 rings (SSSR count). The maximum Gasteiger partial charge on any atom is 0.516 e. The number of hydrogen-bond acceptors (Lipinski definition) is 5. The lowest BCUT2D eigenvalue weighted by molar-refractivity contribution is 0.00578. The van der Waals surface area contributed by atoms with Crippen LogP contribution in [0, 0.1) is 0 Å². The first-order valence-corrected chi connectivity index (χ1v) is 7.89. The number of nitrogens with zero attached hydrogens (tertiary/aromatic N) is 2. The number of imidazole rings is 1. The van der Waals surface area contributed by atoms with Gasteiger partial charge in [0.05, 0.1) is 16.8 Å². The van der Waals surface area contributed by atoms with Gasteiger partial charge in [0, 0.05) is 6.20 Å². The molecule has 1 saturated heterocycles. The van der Waals surface area contributed by atoms with E-state index in [0.29, 0.717) is 5.59 Å². The third-order valence-corrected chi connectivity index (χ3v) is 4.51. The van der Waals surface area contributed by atoms with Gasteiger partial charge >= 0.3 is 13.2 Å². The second kappa shape index (κ2) is 6.07. The second-order valence-electron chi connectivity index (χ2n) is 6.83. The fourth-order valence-corrected chi connectivity index (χ4v) is 2.32. The molecule has 1 fully saturated rings. The van der Waals surface area contributed by atoms with Crippen molar-refractivity contribution in [1.82, 2.24) is 9.55 Å². The summed E-state index contributed by atoms with van der Waals surface area (Å²) in [4.78, 5) is 16.3.